The van der Waals surface area contributed by atoms with E-state index >= 15 is 0 Å². The maximum absolute atomic E-state index is 12.4. The molecule has 1 aliphatic heterocycles. The Hall–Kier alpha value is -2.75. The molecule has 1 aliphatic rings. The third-order valence-electron chi connectivity index (χ3n) is 3.78. The fraction of sp³-hybridized carbons (Fsp3) is 0.438. The molecule has 0 aliphatic carbocycles. The van der Waals surface area contributed by atoms with Gasteiger partial charge >= 0.3 is 0 Å². The molecule has 0 spiro atoms. The van der Waals surface area contributed by atoms with Crippen LogP contribution in [0.3, 0.4) is 0 Å². The van der Waals surface area contributed by atoms with E-state index in [0.717, 1.165) is 5.69 Å². The van der Waals surface area contributed by atoms with Gasteiger partial charge in [0.1, 0.15) is 18.3 Å². The lowest BCUT2D eigenvalue weighted by atomic mass is 10.1. The van der Waals surface area contributed by atoms with Gasteiger partial charge < -0.3 is 15.0 Å². The van der Waals surface area contributed by atoms with Crippen molar-refractivity contribution < 1.29 is 14.3 Å². The second kappa shape index (κ2) is 7.01. The number of nitrogens with zero attached hydrogens (tertiary/aromatic N) is 3. The first-order valence-corrected chi connectivity index (χ1v) is 7.34. The minimum atomic E-state index is -0.424. The Labute approximate surface area is 135 Å². The predicted molar refractivity (Wildman–Crippen MR) is 86.3 cm³/mol. The molecule has 0 fully saturated rings. The number of benzene rings is 1. The van der Waals surface area contributed by atoms with Crippen molar-refractivity contribution in [3.05, 3.63) is 18.2 Å². The zero-order valence-electron chi connectivity index (χ0n) is 13.5. The molecule has 1 atom stereocenters. The summed E-state index contributed by atoms with van der Waals surface area (Å²) < 4.78 is 5.19. The van der Waals surface area contributed by atoms with Crippen molar-refractivity contribution in [2.45, 2.75) is 19.4 Å². The van der Waals surface area contributed by atoms with Gasteiger partial charge in [0.05, 0.1) is 31.0 Å². The minimum Gasteiger partial charge on any atom is -0.497 e. The van der Waals surface area contributed by atoms with Crippen LogP contribution in [0.15, 0.2) is 18.2 Å². The second-order valence-corrected chi connectivity index (χ2v) is 5.40. The molecule has 2 rings (SSSR count). The summed E-state index contributed by atoms with van der Waals surface area (Å²) in [5.74, 6) is 0.310. The number of amides is 2. The number of nitriles is 1. The molecular formula is C16H20N4O3. The normalized spacial score (nSPS) is 16.2. The molecule has 0 saturated heterocycles. The first kappa shape index (κ1) is 16.6. The highest BCUT2D eigenvalue weighted by molar-refractivity contribution is 6.07. The number of hydrogen-bond acceptors (Lipinski definition) is 5. The standard InChI is InChI=1S/C16H20N4O3/c1-11-16(22)20(10-15(21)19(2)8-4-7-17)14-6-5-12(23-3)9-13(14)18-11/h5-6,9,11,18H,4,8,10H2,1-3H3. The van der Waals surface area contributed by atoms with Crippen molar-refractivity contribution in [1.29, 1.82) is 5.26 Å². The van der Waals surface area contributed by atoms with Crippen LogP contribution < -0.4 is 15.0 Å². The van der Waals surface area contributed by atoms with Crippen LogP contribution >= 0.6 is 0 Å². The van der Waals surface area contributed by atoms with Gasteiger partial charge in [0.15, 0.2) is 0 Å². The predicted octanol–water partition coefficient (Wildman–Crippen LogP) is 1.21. The number of carbonyl (C=O) groups excluding carboxylic acids is 2. The molecule has 0 saturated carbocycles. The van der Waals surface area contributed by atoms with E-state index in [1.54, 1.807) is 39.3 Å². The molecule has 1 N–H and O–H groups in total. The van der Waals surface area contributed by atoms with Crippen molar-refractivity contribution >= 4 is 23.2 Å². The third-order valence-corrected chi connectivity index (χ3v) is 3.78. The average Bonchev–Trinajstić information content (AvgIpc) is 2.55. The lowest BCUT2D eigenvalue weighted by molar-refractivity contribution is -0.130. The molecule has 122 valence electrons. The first-order valence-electron chi connectivity index (χ1n) is 7.34. The molecule has 1 unspecified atom stereocenters. The molecule has 0 radical (unpaired) electrons. The third kappa shape index (κ3) is 3.54. The van der Waals surface area contributed by atoms with Gasteiger partial charge in [-0.2, -0.15) is 5.26 Å². The zero-order valence-corrected chi connectivity index (χ0v) is 13.5. The summed E-state index contributed by atoms with van der Waals surface area (Å²) in [6, 6.07) is 6.89. The molecule has 7 nitrogen and oxygen atoms in total. The topological polar surface area (TPSA) is 85.7 Å². The summed E-state index contributed by atoms with van der Waals surface area (Å²) in [5, 5.41) is 11.7. The van der Waals surface area contributed by atoms with Gasteiger partial charge in [-0.05, 0) is 19.1 Å². The van der Waals surface area contributed by atoms with Crippen LogP contribution in [-0.4, -0.2) is 50.0 Å². The number of nitrogens with one attached hydrogen (secondary N) is 1. The van der Waals surface area contributed by atoms with Crippen LogP contribution in [0.2, 0.25) is 0 Å². The van der Waals surface area contributed by atoms with E-state index in [9.17, 15) is 9.59 Å². The van der Waals surface area contributed by atoms with Crippen molar-refractivity contribution in [2.75, 3.05) is 37.5 Å². The Morgan fingerprint density at radius 3 is 2.91 bits per heavy atom. The van der Waals surface area contributed by atoms with E-state index < -0.39 is 6.04 Å². The van der Waals surface area contributed by atoms with Gasteiger partial charge in [-0.15, -0.1) is 0 Å². The quantitative estimate of drug-likeness (QED) is 0.882. The van der Waals surface area contributed by atoms with E-state index in [1.165, 1.54) is 9.80 Å². The Balaban J connectivity index is 2.23. The van der Waals surface area contributed by atoms with E-state index in [4.69, 9.17) is 10.00 Å². The summed E-state index contributed by atoms with van der Waals surface area (Å²) in [7, 11) is 3.20. The van der Waals surface area contributed by atoms with Crippen molar-refractivity contribution in [2.24, 2.45) is 0 Å². The van der Waals surface area contributed by atoms with E-state index in [-0.39, 0.29) is 24.8 Å². The van der Waals surface area contributed by atoms with E-state index in [1.807, 2.05) is 6.07 Å². The summed E-state index contributed by atoms with van der Waals surface area (Å²) >= 11 is 0. The lowest BCUT2D eigenvalue weighted by Crippen LogP contribution is -2.50. The number of likely N-dealkylation sites (N-methyl/N-ethyl adjacent to an activating group) is 1. The largest absolute Gasteiger partial charge is 0.497 e. The summed E-state index contributed by atoms with van der Waals surface area (Å²) in [6.45, 7) is 2.05. The zero-order chi connectivity index (χ0) is 17.0. The monoisotopic (exact) mass is 316 g/mol. The van der Waals surface area contributed by atoms with Gasteiger partial charge in [-0.25, -0.2) is 0 Å². The first-order chi connectivity index (χ1) is 11.0. The average molecular weight is 316 g/mol. The lowest BCUT2D eigenvalue weighted by Gasteiger charge is -2.34. The highest BCUT2D eigenvalue weighted by atomic mass is 16.5. The smallest absolute Gasteiger partial charge is 0.249 e. The molecule has 1 heterocycles. The van der Waals surface area contributed by atoms with Gasteiger partial charge in [0, 0.05) is 19.7 Å². The SMILES string of the molecule is COc1ccc2c(c1)NC(C)C(=O)N2CC(=O)N(C)CCC#N. The minimum absolute atomic E-state index is 0.0495. The van der Waals surface area contributed by atoms with Crippen LogP contribution in [-0.2, 0) is 9.59 Å². The van der Waals surface area contributed by atoms with Crippen LogP contribution in [0.1, 0.15) is 13.3 Å². The number of anilines is 2. The molecule has 0 aromatic heterocycles. The van der Waals surface area contributed by atoms with Crippen molar-refractivity contribution in [1.82, 2.24) is 4.90 Å². The van der Waals surface area contributed by atoms with E-state index in [2.05, 4.69) is 5.32 Å². The Morgan fingerprint density at radius 2 is 2.26 bits per heavy atom. The fourth-order valence-electron chi connectivity index (χ4n) is 2.40. The number of fused-ring (bicyclic) bond motifs is 1. The van der Waals surface area contributed by atoms with Crippen LogP contribution in [0.25, 0.3) is 0 Å². The Kier molecular flexibility index (Phi) is 5.06. The van der Waals surface area contributed by atoms with Gasteiger partial charge in [-0.1, -0.05) is 0 Å². The summed E-state index contributed by atoms with van der Waals surface area (Å²) in [4.78, 5) is 27.6. The maximum atomic E-state index is 12.4. The summed E-state index contributed by atoms with van der Waals surface area (Å²) in [6.07, 6.45) is 0.266. The number of rotatable bonds is 5. The van der Waals surface area contributed by atoms with Gasteiger partial charge in [-0.3, -0.25) is 14.5 Å². The number of carbonyl (C=O) groups is 2. The number of hydrogen-bond donors (Lipinski definition) is 1. The molecule has 0 bridgehead atoms. The Bertz CT molecular complexity index is 653. The Morgan fingerprint density at radius 1 is 1.52 bits per heavy atom. The molecule has 1 aromatic rings. The molecule has 2 amide bonds. The van der Waals surface area contributed by atoms with Gasteiger partial charge in [0.25, 0.3) is 0 Å². The van der Waals surface area contributed by atoms with Crippen LogP contribution in [0.4, 0.5) is 11.4 Å². The summed E-state index contributed by atoms with van der Waals surface area (Å²) in [5.41, 5.74) is 1.40. The number of ether oxygens (including phenoxy) is 1. The van der Waals surface area contributed by atoms with Crippen LogP contribution in [0, 0.1) is 11.3 Å². The van der Waals surface area contributed by atoms with Crippen molar-refractivity contribution in [3.63, 3.8) is 0 Å². The molecule has 7 heteroatoms. The maximum Gasteiger partial charge on any atom is 0.249 e. The highest BCUT2D eigenvalue weighted by Gasteiger charge is 2.31. The molecule has 23 heavy (non-hydrogen) atoms. The number of methoxy groups -OCH3 is 1. The van der Waals surface area contributed by atoms with E-state index in [0.29, 0.717) is 18.0 Å². The second-order valence-electron chi connectivity index (χ2n) is 5.40. The molecule has 1 aromatic carbocycles. The highest BCUT2D eigenvalue weighted by Crippen LogP contribution is 2.34. The van der Waals surface area contributed by atoms with Crippen LogP contribution in [0.5, 0.6) is 5.75 Å². The molecular weight excluding hydrogens is 296 g/mol. The van der Waals surface area contributed by atoms with Crippen molar-refractivity contribution in [3.8, 4) is 11.8 Å². The fourth-order valence-corrected chi connectivity index (χ4v) is 2.40. The van der Waals surface area contributed by atoms with Gasteiger partial charge in [0.2, 0.25) is 11.8 Å².